The van der Waals surface area contributed by atoms with E-state index in [4.69, 9.17) is 4.74 Å². The molecule has 0 bridgehead atoms. The van der Waals surface area contributed by atoms with Gasteiger partial charge in [0.05, 0.1) is 13.2 Å². The van der Waals surface area contributed by atoms with Gasteiger partial charge < -0.3 is 15.4 Å². The number of guanidine groups is 1. The van der Waals surface area contributed by atoms with Crippen molar-refractivity contribution in [3.63, 3.8) is 0 Å². The minimum atomic E-state index is -3.39. The first kappa shape index (κ1) is 21.4. The van der Waals surface area contributed by atoms with Gasteiger partial charge in [-0.1, -0.05) is 6.42 Å². The van der Waals surface area contributed by atoms with Crippen molar-refractivity contribution < 1.29 is 13.2 Å². The Hall–Kier alpha value is -0.940. The molecule has 1 atom stereocenters. The van der Waals surface area contributed by atoms with Crippen LogP contribution >= 0.6 is 0 Å². The Morgan fingerprint density at radius 2 is 1.92 bits per heavy atom. The molecule has 0 aromatic carbocycles. The van der Waals surface area contributed by atoms with Gasteiger partial charge in [-0.3, -0.25) is 9.89 Å². The highest BCUT2D eigenvalue weighted by Gasteiger charge is 2.33. The predicted octanol–water partition coefficient (Wildman–Crippen LogP) is -0.855. The summed E-state index contributed by atoms with van der Waals surface area (Å²) in [4.78, 5) is 6.61. The van der Waals surface area contributed by atoms with Crippen molar-refractivity contribution in [1.82, 2.24) is 24.1 Å². The molecule has 0 amide bonds. The molecule has 26 heavy (non-hydrogen) atoms. The fraction of sp³-hybridized carbons (Fsp3) is 0.938. The molecule has 2 heterocycles. The molecule has 0 radical (unpaired) electrons. The van der Waals surface area contributed by atoms with Crippen molar-refractivity contribution in [1.29, 1.82) is 0 Å². The Morgan fingerprint density at radius 3 is 2.58 bits per heavy atom. The van der Waals surface area contributed by atoms with Gasteiger partial charge in [0.15, 0.2) is 5.96 Å². The van der Waals surface area contributed by atoms with Crippen LogP contribution in [-0.2, 0) is 14.9 Å². The van der Waals surface area contributed by atoms with Gasteiger partial charge >= 0.3 is 0 Å². The van der Waals surface area contributed by atoms with Crippen LogP contribution in [0.2, 0.25) is 0 Å². The molecule has 1 unspecified atom stereocenters. The van der Waals surface area contributed by atoms with Gasteiger partial charge in [-0.05, 0) is 12.8 Å². The van der Waals surface area contributed by atoms with Crippen molar-refractivity contribution in [2.75, 3.05) is 73.6 Å². The van der Waals surface area contributed by atoms with E-state index in [1.54, 1.807) is 25.4 Å². The number of morpholine rings is 1. The van der Waals surface area contributed by atoms with Crippen molar-refractivity contribution in [2.24, 2.45) is 4.99 Å². The van der Waals surface area contributed by atoms with Crippen LogP contribution < -0.4 is 10.6 Å². The highest BCUT2D eigenvalue weighted by atomic mass is 32.2. The zero-order valence-corrected chi connectivity index (χ0v) is 17.1. The molecule has 152 valence electrons. The lowest BCUT2D eigenvalue weighted by Crippen LogP contribution is -2.54. The number of nitrogens with zero attached hydrogens (tertiary/aromatic N) is 4. The first-order valence-electron chi connectivity index (χ1n) is 9.39. The molecule has 2 aliphatic heterocycles. The molecule has 0 aromatic heterocycles. The summed E-state index contributed by atoms with van der Waals surface area (Å²) in [6, 6.07) is -0.0473. The van der Waals surface area contributed by atoms with Gasteiger partial charge in [-0.25, -0.2) is 0 Å². The molecule has 2 saturated heterocycles. The van der Waals surface area contributed by atoms with E-state index in [2.05, 4.69) is 20.5 Å². The van der Waals surface area contributed by atoms with E-state index in [-0.39, 0.29) is 6.04 Å². The van der Waals surface area contributed by atoms with E-state index in [9.17, 15) is 8.42 Å². The Kier molecular flexibility index (Phi) is 8.55. The van der Waals surface area contributed by atoms with Gasteiger partial charge in [0, 0.05) is 66.5 Å². The summed E-state index contributed by atoms with van der Waals surface area (Å²) < 4.78 is 33.3. The van der Waals surface area contributed by atoms with Gasteiger partial charge in [0.1, 0.15) is 0 Å². The molecule has 0 aliphatic carbocycles. The molecule has 9 nitrogen and oxygen atoms in total. The average Bonchev–Trinajstić information content (AvgIpc) is 2.65. The van der Waals surface area contributed by atoms with Crippen molar-refractivity contribution in [2.45, 2.75) is 25.3 Å². The molecular weight excluding hydrogens is 356 g/mol. The minimum absolute atomic E-state index is 0.0473. The lowest BCUT2D eigenvalue weighted by Gasteiger charge is -2.36. The Morgan fingerprint density at radius 1 is 1.19 bits per heavy atom. The predicted molar refractivity (Wildman–Crippen MR) is 104 cm³/mol. The van der Waals surface area contributed by atoms with Crippen LogP contribution in [0.15, 0.2) is 4.99 Å². The van der Waals surface area contributed by atoms with Gasteiger partial charge in [0.25, 0.3) is 10.2 Å². The average molecular weight is 391 g/mol. The zero-order valence-electron chi connectivity index (χ0n) is 16.3. The maximum atomic E-state index is 12.5. The standard InChI is InChI=1S/C16H34N6O3S/c1-17-16(18-7-9-21-10-12-25-13-11-21)19-14-15-6-4-5-8-22(15)26(23,24)20(2)3/h15H,4-14H2,1-3H3,(H2,17,18,19). The smallest absolute Gasteiger partial charge is 0.281 e. The van der Waals surface area contributed by atoms with Gasteiger partial charge in [-0.2, -0.15) is 17.0 Å². The topological polar surface area (TPSA) is 89.5 Å². The summed E-state index contributed by atoms with van der Waals surface area (Å²) in [5.41, 5.74) is 0. The lowest BCUT2D eigenvalue weighted by molar-refractivity contribution is 0.0389. The second-order valence-corrected chi connectivity index (χ2v) is 8.98. The molecule has 0 aromatic rings. The highest BCUT2D eigenvalue weighted by Crippen LogP contribution is 2.21. The Bertz CT molecular complexity index is 548. The third-order valence-corrected chi connectivity index (χ3v) is 6.88. The first-order valence-corrected chi connectivity index (χ1v) is 10.8. The summed E-state index contributed by atoms with van der Waals surface area (Å²) in [7, 11) is 1.52. The first-order chi connectivity index (χ1) is 12.4. The summed E-state index contributed by atoms with van der Waals surface area (Å²) in [6.07, 6.45) is 2.83. The monoisotopic (exact) mass is 390 g/mol. The van der Waals surface area contributed by atoms with Crippen molar-refractivity contribution in [3.8, 4) is 0 Å². The van der Waals surface area contributed by atoms with E-state index in [1.165, 1.54) is 4.31 Å². The van der Waals surface area contributed by atoms with E-state index in [0.717, 1.165) is 58.7 Å². The van der Waals surface area contributed by atoms with Crippen LogP contribution in [0, 0.1) is 0 Å². The molecule has 2 rings (SSSR count). The van der Waals surface area contributed by atoms with Crippen LogP contribution in [0.3, 0.4) is 0 Å². The van der Waals surface area contributed by atoms with Crippen LogP contribution in [-0.4, -0.2) is 108 Å². The van der Waals surface area contributed by atoms with Crippen LogP contribution in [0.5, 0.6) is 0 Å². The molecule has 2 N–H and O–H groups in total. The number of ether oxygens (including phenoxy) is 1. The summed E-state index contributed by atoms with van der Waals surface area (Å²) in [6.45, 7) is 6.40. The van der Waals surface area contributed by atoms with Gasteiger partial charge in [0.2, 0.25) is 0 Å². The molecule has 10 heteroatoms. The Balaban J connectivity index is 1.80. The summed E-state index contributed by atoms with van der Waals surface area (Å²) >= 11 is 0. The van der Waals surface area contributed by atoms with Crippen LogP contribution in [0.1, 0.15) is 19.3 Å². The van der Waals surface area contributed by atoms with E-state index >= 15 is 0 Å². The summed E-state index contributed by atoms with van der Waals surface area (Å²) in [5.74, 6) is 0.714. The second kappa shape index (κ2) is 10.4. The third kappa shape index (κ3) is 6.05. The SMILES string of the molecule is CN=C(NCCN1CCOCC1)NCC1CCCCN1S(=O)(=O)N(C)C. The fourth-order valence-electron chi connectivity index (χ4n) is 3.28. The Labute approximate surface area is 157 Å². The quantitative estimate of drug-likeness (QED) is 0.435. The molecular formula is C16H34N6O3S. The highest BCUT2D eigenvalue weighted by molar-refractivity contribution is 7.86. The van der Waals surface area contributed by atoms with Crippen LogP contribution in [0.25, 0.3) is 0 Å². The maximum absolute atomic E-state index is 12.5. The molecule has 2 aliphatic rings. The molecule has 0 saturated carbocycles. The van der Waals surface area contributed by atoms with E-state index < -0.39 is 10.2 Å². The van der Waals surface area contributed by atoms with Crippen LogP contribution in [0.4, 0.5) is 0 Å². The number of rotatable bonds is 7. The third-order valence-electron chi connectivity index (χ3n) is 4.88. The minimum Gasteiger partial charge on any atom is -0.379 e. The number of aliphatic imine (C=N–C) groups is 1. The zero-order chi connectivity index (χ0) is 19.0. The maximum Gasteiger partial charge on any atom is 0.281 e. The number of nitrogens with one attached hydrogen (secondary N) is 2. The summed E-state index contributed by atoms with van der Waals surface area (Å²) in [5, 5.41) is 6.60. The van der Waals surface area contributed by atoms with Gasteiger partial charge in [-0.15, -0.1) is 0 Å². The normalized spacial score (nSPS) is 24.0. The lowest BCUT2D eigenvalue weighted by atomic mass is 10.1. The molecule has 2 fully saturated rings. The number of hydrogen-bond donors (Lipinski definition) is 2. The number of piperidine rings is 1. The number of hydrogen-bond acceptors (Lipinski definition) is 5. The largest absolute Gasteiger partial charge is 0.379 e. The van der Waals surface area contributed by atoms with E-state index in [1.807, 2.05) is 0 Å². The van der Waals surface area contributed by atoms with E-state index in [0.29, 0.717) is 19.0 Å². The van der Waals surface area contributed by atoms with Crippen molar-refractivity contribution in [3.05, 3.63) is 0 Å². The fourth-order valence-corrected chi connectivity index (χ4v) is 4.62. The van der Waals surface area contributed by atoms with Crippen molar-refractivity contribution >= 4 is 16.2 Å². The molecule has 0 spiro atoms. The second-order valence-electron chi connectivity index (χ2n) is 6.88.